The molecule has 114 valence electrons. The third kappa shape index (κ3) is 1.62. The van der Waals surface area contributed by atoms with E-state index in [9.17, 15) is 19.1 Å². The van der Waals surface area contributed by atoms with Crippen molar-refractivity contribution in [2.75, 3.05) is 11.4 Å². The molecule has 4 rings (SSSR count). The van der Waals surface area contributed by atoms with Crippen molar-refractivity contribution in [1.82, 2.24) is 0 Å². The number of nitrogens with zero attached hydrogens (tertiary/aromatic N) is 1. The molecule has 1 aromatic carbocycles. The second kappa shape index (κ2) is 4.30. The van der Waals surface area contributed by atoms with Crippen LogP contribution in [-0.2, 0) is 14.3 Å². The van der Waals surface area contributed by atoms with Gasteiger partial charge in [-0.25, -0.2) is 4.39 Å². The Morgan fingerprint density at radius 1 is 1.50 bits per heavy atom. The number of halogens is 2. The number of hydrogen-bond donors (Lipinski definition) is 1. The molecule has 0 aliphatic carbocycles. The standard InChI is InChI=1S/C15H11ClFNO4/c16-8-2-1-7(5-9(8)17)18-6-15-4-3-10(22-15)11(14(20)21)12(15)13(18)19/h1-5,10-12H,6H2,(H,20,21)/t10-,11-,12-,15+/m0/s1. The van der Waals surface area contributed by atoms with Crippen LogP contribution in [0.25, 0.3) is 0 Å². The van der Waals surface area contributed by atoms with Gasteiger partial charge in [0.25, 0.3) is 0 Å². The molecule has 1 amide bonds. The van der Waals surface area contributed by atoms with Gasteiger partial charge in [0.15, 0.2) is 0 Å². The molecular weight excluding hydrogens is 313 g/mol. The highest BCUT2D eigenvalue weighted by atomic mass is 35.5. The molecule has 0 saturated carbocycles. The van der Waals surface area contributed by atoms with Gasteiger partial charge < -0.3 is 14.7 Å². The minimum Gasteiger partial charge on any atom is -0.481 e. The van der Waals surface area contributed by atoms with Crippen LogP contribution >= 0.6 is 11.6 Å². The van der Waals surface area contributed by atoms with Crippen molar-refractivity contribution in [2.45, 2.75) is 11.7 Å². The molecule has 2 bridgehead atoms. The smallest absolute Gasteiger partial charge is 0.310 e. The van der Waals surface area contributed by atoms with Crippen molar-refractivity contribution in [2.24, 2.45) is 11.8 Å². The molecule has 3 heterocycles. The van der Waals surface area contributed by atoms with E-state index in [1.54, 1.807) is 12.2 Å². The maximum Gasteiger partial charge on any atom is 0.310 e. The molecule has 0 unspecified atom stereocenters. The Morgan fingerprint density at radius 3 is 2.95 bits per heavy atom. The monoisotopic (exact) mass is 323 g/mol. The molecule has 2 fully saturated rings. The van der Waals surface area contributed by atoms with Gasteiger partial charge in [-0.05, 0) is 18.2 Å². The van der Waals surface area contributed by atoms with Gasteiger partial charge in [0.2, 0.25) is 5.91 Å². The molecule has 1 spiro atoms. The fourth-order valence-corrected chi connectivity index (χ4v) is 3.77. The number of rotatable bonds is 2. The third-order valence-electron chi connectivity index (χ3n) is 4.60. The number of aliphatic carboxylic acids is 1. The number of anilines is 1. The van der Waals surface area contributed by atoms with Crippen LogP contribution in [0.1, 0.15) is 0 Å². The van der Waals surface area contributed by atoms with Crippen LogP contribution in [0.3, 0.4) is 0 Å². The first-order valence-electron chi connectivity index (χ1n) is 6.79. The van der Waals surface area contributed by atoms with Crippen molar-refractivity contribution in [3.63, 3.8) is 0 Å². The van der Waals surface area contributed by atoms with E-state index in [0.717, 1.165) is 0 Å². The zero-order chi connectivity index (χ0) is 15.6. The lowest BCUT2D eigenvalue weighted by Gasteiger charge is -2.21. The van der Waals surface area contributed by atoms with Crippen LogP contribution in [-0.4, -0.2) is 35.2 Å². The molecule has 22 heavy (non-hydrogen) atoms. The van der Waals surface area contributed by atoms with Crippen molar-refractivity contribution in [1.29, 1.82) is 0 Å². The highest BCUT2D eigenvalue weighted by Gasteiger charge is 2.67. The van der Waals surface area contributed by atoms with Gasteiger partial charge in [0.1, 0.15) is 17.3 Å². The predicted molar refractivity (Wildman–Crippen MR) is 75.1 cm³/mol. The van der Waals surface area contributed by atoms with E-state index < -0.39 is 35.3 Å². The summed E-state index contributed by atoms with van der Waals surface area (Å²) in [6.45, 7) is 0.175. The van der Waals surface area contributed by atoms with Crippen LogP contribution in [0.2, 0.25) is 5.02 Å². The molecule has 7 heteroatoms. The molecule has 1 N–H and O–H groups in total. The lowest BCUT2D eigenvalue weighted by molar-refractivity contribution is -0.146. The van der Waals surface area contributed by atoms with Crippen molar-refractivity contribution >= 4 is 29.2 Å². The zero-order valence-electron chi connectivity index (χ0n) is 11.2. The van der Waals surface area contributed by atoms with Crippen LogP contribution < -0.4 is 4.90 Å². The second-order valence-corrected chi connectivity index (χ2v) is 6.17. The largest absolute Gasteiger partial charge is 0.481 e. The van der Waals surface area contributed by atoms with E-state index >= 15 is 0 Å². The maximum atomic E-state index is 13.6. The average molecular weight is 324 g/mol. The number of carbonyl (C=O) groups is 2. The van der Waals surface area contributed by atoms with Gasteiger partial charge in [-0.15, -0.1) is 0 Å². The first kappa shape index (κ1) is 13.7. The second-order valence-electron chi connectivity index (χ2n) is 5.76. The van der Waals surface area contributed by atoms with Crippen LogP contribution in [0.4, 0.5) is 10.1 Å². The summed E-state index contributed by atoms with van der Waals surface area (Å²) >= 11 is 5.65. The van der Waals surface area contributed by atoms with Crippen molar-refractivity contribution < 1.29 is 23.8 Å². The lowest BCUT2D eigenvalue weighted by Crippen LogP contribution is -2.39. The molecular formula is C15H11ClFNO4. The molecule has 5 nitrogen and oxygen atoms in total. The van der Waals surface area contributed by atoms with Crippen molar-refractivity contribution in [3.8, 4) is 0 Å². The highest BCUT2D eigenvalue weighted by molar-refractivity contribution is 6.30. The first-order chi connectivity index (χ1) is 10.4. The lowest BCUT2D eigenvalue weighted by atomic mass is 9.77. The molecule has 2 saturated heterocycles. The molecule has 1 aromatic rings. The first-order valence-corrected chi connectivity index (χ1v) is 7.17. The van der Waals surface area contributed by atoms with Gasteiger partial charge in [-0.2, -0.15) is 0 Å². The van der Waals surface area contributed by atoms with Gasteiger partial charge in [0.05, 0.1) is 23.6 Å². The van der Waals surface area contributed by atoms with Crippen molar-refractivity contribution in [3.05, 3.63) is 41.2 Å². The van der Waals surface area contributed by atoms with Gasteiger partial charge in [-0.3, -0.25) is 9.59 Å². The highest BCUT2D eigenvalue weighted by Crippen LogP contribution is 2.52. The van der Waals surface area contributed by atoms with Gasteiger partial charge in [0, 0.05) is 5.69 Å². The number of amides is 1. The zero-order valence-corrected chi connectivity index (χ0v) is 12.0. The number of carboxylic acid groups (broad SMARTS) is 1. The summed E-state index contributed by atoms with van der Waals surface area (Å²) in [5.74, 6) is -3.73. The number of ether oxygens (including phenoxy) is 1. The number of carboxylic acids is 1. The summed E-state index contributed by atoms with van der Waals surface area (Å²) in [6.07, 6.45) is 2.87. The Labute approximate surface area is 129 Å². The molecule has 3 aliphatic rings. The van der Waals surface area contributed by atoms with E-state index in [2.05, 4.69) is 0 Å². The summed E-state index contributed by atoms with van der Waals surface area (Å²) in [5.41, 5.74) is -0.582. The Balaban J connectivity index is 1.74. The quantitative estimate of drug-likeness (QED) is 0.844. The fraction of sp³-hybridized carbons (Fsp3) is 0.333. The SMILES string of the molecule is O=C(O)[C@H]1[C@@H]2C=C[C@]3(CN(c4ccc(Cl)c(F)c4)C(=O)[C@H]13)O2. The van der Waals surface area contributed by atoms with Crippen LogP contribution in [0.5, 0.6) is 0 Å². The number of fused-ring (bicyclic) bond motifs is 1. The summed E-state index contributed by atoms with van der Waals surface area (Å²) in [7, 11) is 0. The molecule has 3 aliphatic heterocycles. The molecule has 4 atom stereocenters. The molecule has 0 aromatic heterocycles. The summed E-state index contributed by atoms with van der Waals surface area (Å²) in [5, 5.41) is 9.34. The Hall–Kier alpha value is -1.92. The van der Waals surface area contributed by atoms with Crippen LogP contribution in [0, 0.1) is 17.7 Å². The summed E-state index contributed by atoms with van der Waals surface area (Å²) in [4.78, 5) is 25.5. The summed E-state index contributed by atoms with van der Waals surface area (Å²) < 4.78 is 19.4. The predicted octanol–water partition coefficient (Wildman–Crippen LogP) is 1.85. The van der Waals surface area contributed by atoms with E-state index in [0.29, 0.717) is 5.69 Å². The van der Waals surface area contributed by atoms with E-state index in [-0.39, 0.29) is 17.5 Å². The average Bonchev–Trinajstić information content (AvgIpc) is 3.10. The summed E-state index contributed by atoms with van der Waals surface area (Å²) in [6, 6.07) is 4.07. The Bertz CT molecular complexity index is 736. The third-order valence-corrected chi connectivity index (χ3v) is 4.91. The molecule has 0 radical (unpaired) electrons. The van der Waals surface area contributed by atoms with E-state index in [1.807, 2.05) is 0 Å². The van der Waals surface area contributed by atoms with Gasteiger partial charge in [-0.1, -0.05) is 23.8 Å². The maximum absolute atomic E-state index is 13.6. The Kier molecular flexibility index (Phi) is 2.68. The Morgan fingerprint density at radius 2 is 2.27 bits per heavy atom. The number of hydrogen-bond acceptors (Lipinski definition) is 3. The van der Waals surface area contributed by atoms with Crippen LogP contribution in [0.15, 0.2) is 30.4 Å². The minimum absolute atomic E-state index is 0.0331. The van der Waals surface area contributed by atoms with E-state index in [4.69, 9.17) is 16.3 Å². The van der Waals surface area contributed by atoms with E-state index in [1.165, 1.54) is 23.1 Å². The number of benzene rings is 1. The fourth-order valence-electron chi connectivity index (χ4n) is 3.65. The van der Waals surface area contributed by atoms with Gasteiger partial charge >= 0.3 is 5.97 Å². The normalized spacial score (nSPS) is 35.3. The minimum atomic E-state index is -1.06. The number of carbonyl (C=O) groups excluding carboxylic acids is 1. The topological polar surface area (TPSA) is 66.8 Å².